The van der Waals surface area contributed by atoms with Gasteiger partial charge in [-0.05, 0) is 120 Å². The van der Waals surface area contributed by atoms with Crippen LogP contribution in [0.4, 0.5) is 34.3 Å². The fourth-order valence-corrected chi connectivity index (χ4v) is 8.94. The van der Waals surface area contributed by atoms with Gasteiger partial charge in [-0.3, -0.25) is 4.90 Å². The van der Waals surface area contributed by atoms with Crippen LogP contribution in [0.1, 0.15) is 80.5 Å². The average Bonchev–Trinajstić information content (AvgIpc) is 3.68. The Hall–Kier alpha value is -5.10. The molecule has 4 heterocycles. The number of hydrogen-bond acceptors (Lipinski definition) is 5. The van der Waals surface area contributed by atoms with E-state index in [-0.39, 0.29) is 24.3 Å². The molecule has 9 rings (SSSR count). The number of furan rings is 1. The van der Waals surface area contributed by atoms with Crippen LogP contribution in [-0.2, 0) is 10.8 Å². The highest BCUT2D eigenvalue weighted by molar-refractivity contribution is 7.01. The molecule has 0 saturated heterocycles. The smallest absolute Gasteiger partial charge is 0.257 e. The van der Waals surface area contributed by atoms with Crippen molar-refractivity contribution in [3.63, 3.8) is 0 Å². The third kappa shape index (κ3) is 4.69. The summed E-state index contributed by atoms with van der Waals surface area (Å²) < 4.78 is 19.2. The minimum atomic E-state index is -0.0924. The molecule has 1 aromatic heterocycles. The van der Waals surface area contributed by atoms with E-state index in [4.69, 9.17) is 13.9 Å². The third-order valence-electron chi connectivity index (χ3n) is 11.4. The summed E-state index contributed by atoms with van der Waals surface area (Å²) in [6.45, 7) is 25.1. The molecule has 0 atom stereocenters. The van der Waals surface area contributed by atoms with Gasteiger partial charge in [0.05, 0.1) is 11.4 Å². The van der Waals surface area contributed by atoms with Gasteiger partial charge in [0.1, 0.15) is 5.58 Å². The molecule has 3 aliphatic heterocycles. The van der Waals surface area contributed by atoms with Crippen molar-refractivity contribution >= 4 is 68.4 Å². The highest BCUT2D eigenvalue weighted by atomic mass is 16.7. The number of hydrogen-bond donors (Lipinski definition) is 0. The molecule has 262 valence electrons. The predicted octanol–water partition coefficient (Wildman–Crippen LogP) is 10.4. The van der Waals surface area contributed by atoms with E-state index in [1.165, 1.54) is 72.4 Å². The van der Waals surface area contributed by atoms with E-state index in [2.05, 4.69) is 159 Å². The molecule has 0 fully saturated rings. The average molecular weight is 687 g/mol. The van der Waals surface area contributed by atoms with E-state index in [1.54, 1.807) is 0 Å². The zero-order chi connectivity index (χ0) is 36.6. The molecule has 5 nitrogen and oxygen atoms in total. The lowest BCUT2D eigenvalue weighted by Crippen LogP contribution is -2.61. The lowest BCUT2D eigenvalue weighted by atomic mass is 9.33. The van der Waals surface area contributed by atoms with Crippen LogP contribution in [-0.4, -0.2) is 13.5 Å². The first-order valence-electron chi connectivity index (χ1n) is 18.5. The van der Waals surface area contributed by atoms with Gasteiger partial charge in [0.15, 0.2) is 11.5 Å². The van der Waals surface area contributed by atoms with Crippen molar-refractivity contribution in [1.29, 1.82) is 0 Å². The van der Waals surface area contributed by atoms with Gasteiger partial charge in [-0.25, -0.2) is 0 Å². The van der Waals surface area contributed by atoms with Crippen molar-refractivity contribution in [2.75, 3.05) is 16.6 Å². The number of para-hydroxylation sites is 1. The van der Waals surface area contributed by atoms with E-state index < -0.39 is 0 Å². The van der Waals surface area contributed by atoms with Crippen LogP contribution in [0.15, 0.2) is 77.2 Å². The molecule has 5 aromatic carbocycles. The van der Waals surface area contributed by atoms with Crippen LogP contribution < -0.4 is 35.7 Å². The highest BCUT2D eigenvalue weighted by Crippen LogP contribution is 2.51. The molecule has 0 N–H and O–H groups in total. The summed E-state index contributed by atoms with van der Waals surface area (Å²) in [5, 5.41) is 1.13. The number of nitrogens with zero attached hydrogens (tertiary/aromatic N) is 2. The Morgan fingerprint density at radius 3 is 1.67 bits per heavy atom. The number of ether oxygens (including phenoxy) is 2. The summed E-state index contributed by atoms with van der Waals surface area (Å²) in [4.78, 5) is 4.93. The molecule has 0 amide bonds. The second kappa shape index (κ2) is 11.0. The van der Waals surface area contributed by atoms with Gasteiger partial charge in [-0.15, -0.1) is 0 Å². The maximum atomic E-state index is 7.02. The SMILES string of the molecule is Cc1cc2c3c(c1)N(c1c(C)cc(C(C)(C)C)cc1C)c1oc4ccccc4c1B3c1cc3c(cc1N2c1c(C)cc(C(C)(C)C)cc1C)OCO3. The first-order valence-corrected chi connectivity index (χ1v) is 18.5. The summed E-state index contributed by atoms with van der Waals surface area (Å²) in [7, 11) is 0. The van der Waals surface area contributed by atoms with Crippen molar-refractivity contribution in [1.82, 2.24) is 0 Å². The Labute approximate surface area is 308 Å². The minimum absolute atomic E-state index is 0.0303. The second-order valence-corrected chi connectivity index (χ2v) is 17.3. The van der Waals surface area contributed by atoms with Gasteiger partial charge in [0.25, 0.3) is 6.71 Å². The molecule has 0 saturated carbocycles. The van der Waals surface area contributed by atoms with Crippen molar-refractivity contribution < 1.29 is 13.9 Å². The normalized spacial score (nSPS) is 14.6. The number of benzene rings is 5. The highest BCUT2D eigenvalue weighted by Gasteiger charge is 2.48. The summed E-state index contributed by atoms with van der Waals surface area (Å²) >= 11 is 0. The third-order valence-corrected chi connectivity index (χ3v) is 11.4. The van der Waals surface area contributed by atoms with Crippen LogP contribution >= 0.6 is 0 Å². The fraction of sp³-hybridized carbons (Fsp3) is 0.304. The number of aryl methyl sites for hydroxylation is 5. The number of rotatable bonds is 2. The molecule has 6 aromatic rings. The topological polar surface area (TPSA) is 38.1 Å². The predicted molar refractivity (Wildman–Crippen MR) is 217 cm³/mol. The molecular weight excluding hydrogens is 639 g/mol. The molecular formula is C46H47BN2O3. The Bertz CT molecular complexity index is 2450. The summed E-state index contributed by atoms with van der Waals surface area (Å²) in [5.74, 6) is 2.44. The quantitative estimate of drug-likeness (QED) is 0.169. The second-order valence-electron chi connectivity index (χ2n) is 17.3. The molecule has 52 heavy (non-hydrogen) atoms. The van der Waals surface area contributed by atoms with Crippen LogP contribution in [0.3, 0.4) is 0 Å². The van der Waals surface area contributed by atoms with Gasteiger partial charge in [-0.1, -0.05) is 84.0 Å². The zero-order valence-corrected chi connectivity index (χ0v) is 32.3. The molecule has 0 bridgehead atoms. The summed E-state index contributed by atoms with van der Waals surface area (Å²) in [5.41, 5.74) is 19.2. The monoisotopic (exact) mass is 686 g/mol. The van der Waals surface area contributed by atoms with E-state index in [0.717, 1.165) is 39.7 Å². The fourth-order valence-electron chi connectivity index (χ4n) is 8.94. The van der Waals surface area contributed by atoms with Crippen molar-refractivity contribution in [2.24, 2.45) is 0 Å². The van der Waals surface area contributed by atoms with Gasteiger partial charge in [0, 0.05) is 34.0 Å². The first-order chi connectivity index (χ1) is 24.6. The van der Waals surface area contributed by atoms with Crippen LogP contribution in [0.25, 0.3) is 11.0 Å². The summed E-state index contributed by atoms with van der Waals surface area (Å²) in [6, 6.07) is 27.2. The Morgan fingerprint density at radius 1 is 0.577 bits per heavy atom. The van der Waals surface area contributed by atoms with E-state index in [0.29, 0.717) is 0 Å². The molecule has 0 spiro atoms. The van der Waals surface area contributed by atoms with E-state index in [1.807, 2.05) is 0 Å². The van der Waals surface area contributed by atoms with Crippen LogP contribution in [0.5, 0.6) is 11.5 Å². The Balaban J connectivity index is 1.41. The molecule has 0 radical (unpaired) electrons. The maximum absolute atomic E-state index is 7.02. The van der Waals surface area contributed by atoms with Gasteiger partial charge in [0.2, 0.25) is 12.7 Å². The lowest BCUT2D eigenvalue weighted by molar-refractivity contribution is 0.174. The Kier molecular flexibility index (Phi) is 6.91. The van der Waals surface area contributed by atoms with Gasteiger partial charge < -0.3 is 18.8 Å². The molecule has 3 aliphatic rings. The van der Waals surface area contributed by atoms with E-state index >= 15 is 0 Å². The Morgan fingerprint density at radius 2 is 1.10 bits per heavy atom. The minimum Gasteiger partial charge on any atom is -0.454 e. The maximum Gasteiger partial charge on any atom is 0.257 e. The van der Waals surface area contributed by atoms with Gasteiger partial charge in [-0.2, -0.15) is 0 Å². The van der Waals surface area contributed by atoms with E-state index in [9.17, 15) is 0 Å². The van der Waals surface area contributed by atoms with Crippen LogP contribution in [0.2, 0.25) is 0 Å². The zero-order valence-electron chi connectivity index (χ0n) is 32.3. The molecule has 0 aliphatic carbocycles. The van der Waals surface area contributed by atoms with Crippen molar-refractivity contribution in [3.8, 4) is 11.5 Å². The standard InChI is InChI=1S/C46H47BN2O3/c1-25-16-35-41-36(17-25)49(43-28(4)20-31(21-29(43)5)46(9,10)11)44-40(32-14-12-13-15-37(32)52-44)47(41)33-22-38-39(51-24-50-38)23-34(33)48(35)42-26(2)18-30(19-27(42)3)45(6,7)8/h12-23H,24H2,1-11H3. The van der Waals surface area contributed by atoms with Crippen LogP contribution in [0, 0.1) is 34.6 Å². The van der Waals surface area contributed by atoms with Crippen molar-refractivity contribution in [3.05, 3.63) is 112 Å². The first kappa shape index (κ1) is 32.8. The molecule has 0 unspecified atom stereocenters. The van der Waals surface area contributed by atoms with Crippen molar-refractivity contribution in [2.45, 2.75) is 87.0 Å². The number of fused-ring (bicyclic) bond motifs is 7. The summed E-state index contributed by atoms with van der Waals surface area (Å²) in [6.07, 6.45) is 0. The largest absolute Gasteiger partial charge is 0.454 e. The van der Waals surface area contributed by atoms with Gasteiger partial charge >= 0.3 is 0 Å². The number of anilines is 6. The lowest BCUT2D eigenvalue weighted by Gasteiger charge is -2.44. The molecule has 6 heteroatoms.